The predicted molar refractivity (Wildman–Crippen MR) is 71.6 cm³/mol. The van der Waals surface area contributed by atoms with Crippen molar-refractivity contribution in [1.82, 2.24) is 20.3 Å². The molecule has 0 saturated carbocycles. The first-order valence-corrected chi connectivity index (χ1v) is 6.98. The van der Waals surface area contributed by atoms with E-state index in [2.05, 4.69) is 43.0 Å². The van der Waals surface area contributed by atoms with Gasteiger partial charge in [0.1, 0.15) is 0 Å². The van der Waals surface area contributed by atoms with Gasteiger partial charge in [0.05, 0.1) is 12.2 Å². The van der Waals surface area contributed by atoms with E-state index in [0.717, 1.165) is 29.8 Å². The second-order valence-electron chi connectivity index (χ2n) is 3.59. The number of thiophene rings is 1. The van der Waals surface area contributed by atoms with Crippen molar-refractivity contribution in [3.63, 3.8) is 0 Å². The quantitative estimate of drug-likeness (QED) is 0.790. The topological polar surface area (TPSA) is 68.8 Å². The van der Waals surface area contributed by atoms with E-state index < -0.39 is 0 Å². The van der Waals surface area contributed by atoms with Crippen LogP contribution in [0.3, 0.4) is 0 Å². The molecule has 92 valence electrons. The van der Waals surface area contributed by atoms with Crippen LogP contribution in [-0.2, 0) is 19.6 Å². The Labute approximate surface area is 112 Å². The lowest BCUT2D eigenvalue weighted by Crippen LogP contribution is -2.19. The molecule has 0 aliphatic heterocycles. The molecule has 0 amide bonds. The summed E-state index contributed by atoms with van der Waals surface area (Å²) in [5.74, 6) is 0. The second kappa shape index (κ2) is 6.25. The van der Waals surface area contributed by atoms with Crippen molar-refractivity contribution in [3.05, 3.63) is 32.7 Å². The second-order valence-corrected chi connectivity index (χ2v) is 5.50. The molecule has 2 rings (SSSR count). The summed E-state index contributed by atoms with van der Waals surface area (Å²) in [5, 5.41) is 13.4. The molecular formula is C10H14BrN5S. The Morgan fingerprint density at radius 3 is 3.06 bits per heavy atom. The monoisotopic (exact) mass is 315 g/mol. The Bertz CT molecular complexity index is 467. The molecule has 2 heterocycles. The Hall–Kier alpha value is -0.760. The zero-order valence-corrected chi connectivity index (χ0v) is 11.7. The molecule has 0 aliphatic carbocycles. The molecule has 17 heavy (non-hydrogen) atoms. The average molecular weight is 316 g/mol. The molecule has 7 heteroatoms. The fraction of sp³-hybridized carbons (Fsp3) is 0.400. The first-order valence-electron chi connectivity index (χ1n) is 5.30. The van der Waals surface area contributed by atoms with E-state index >= 15 is 0 Å². The highest BCUT2D eigenvalue weighted by molar-refractivity contribution is 9.10. The van der Waals surface area contributed by atoms with Crippen molar-refractivity contribution in [1.29, 1.82) is 0 Å². The highest BCUT2D eigenvalue weighted by Gasteiger charge is 1.99. The van der Waals surface area contributed by atoms with Gasteiger partial charge in [-0.3, -0.25) is 4.68 Å². The number of nitrogens with two attached hydrogens (primary N) is 1. The van der Waals surface area contributed by atoms with Gasteiger partial charge in [0, 0.05) is 40.6 Å². The highest BCUT2D eigenvalue weighted by atomic mass is 79.9. The van der Waals surface area contributed by atoms with Gasteiger partial charge in [0.2, 0.25) is 0 Å². The van der Waals surface area contributed by atoms with Gasteiger partial charge in [0.25, 0.3) is 0 Å². The van der Waals surface area contributed by atoms with E-state index in [4.69, 9.17) is 5.73 Å². The molecule has 0 aliphatic rings. The third-order valence-electron chi connectivity index (χ3n) is 2.23. The molecule has 3 N–H and O–H groups in total. The van der Waals surface area contributed by atoms with Crippen LogP contribution in [-0.4, -0.2) is 21.5 Å². The van der Waals surface area contributed by atoms with Crippen LogP contribution in [0.4, 0.5) is 0 Å². The van der Waals surface area contributed by atoms with Crippen molar-refractivity contribution in [2.75, 3.05) is 6.54 Å². The van der Waals surface area contributed by atoms with E-state index in [9.17, 15) is 0 Å². The molecule has 0 radical (unpaired) electrons. The number of hydrogen-bond acceptors (Lipinski definition) is 5. The van der Waals surface area contributed by atoms with Gasteiger partial charge in [-0.05, 0) is 22.0 Å². The Balaban J connectivity index is 1.69. The molecule has 5 nitrogen and oxygen atoms in total. The lowest BCUT2D eigenvalue weighted by Gasteiger charge is -2.02. The van der Waals surface area contributed by atoms with Gasteiger partial charge >= 0.3 is 0 Å². The molecule has 0 fully saturated rings. The summed E-state index contributed by atoms with van der Waals surface area (Å²) in [4.78, 5) is 1.32. The van der Waals surface area contributed by atoms with Crippen molar-refractivity contribution in [2.45, 2.75) is 19.6 Å². The summed E-state index contributed by atoms with van der Waals surface area (Å²) in [6.07, 6.45) is 1.88. The molecular weight excluding hydrogens is 302 g/mol. The van der Waals surface area contributed by atoms with Gasteiger partial charge < -0.3 is 11.1 Å². The fourth-order valence-electron chi connectivity index (χ4n) is 1.39. The molecule has 0 saturated heterocycles. The van der Waals surface area contributed by atoms with Crippen LogP contribution in [0.15, 0.2) is 22.1 Å². The number of rotatable bonds is 6. The van der Waals surface area contributed by atoms with E-state index in [1.807, 2.05) is 6.20 Å². The lowest BCUT2D eigenvalue weighted by atomic mass is 10.4. The maximum Gasteiger partial charge on any atom is 0.0962 e. The third kappa shape index (κ3) is 3.88. The van der Waals surface area contributed by atoms with Crippen LogP contribution >= 0.6 is 27.3 Å². The third-order valence-corrected chi connectivity index (χ3v) is 3.93. The zero-order valence-electron chi connectivity index (χ0n) is 9.27. The summed E-state index contributed by atoms with van der Waals surface area (Å²) >= 11 is 5.18. The van der Waals surface area contributed by atoms with E-state index in [1.165, 1.54) is 4.88 Å². The van der Waals surface area contributed by atoms with Crippen LogP contribution < -0.4 is 11.1 Å². The first kappa shape index (κ1) is 12.7. The standard InChI is InChI=1S/C10H14BrN5S/c11-8-3-10(17-7-8)5-13-1-2-16-6-9(4-12)14-15-16/h3,6-7,13H,1-2,4-5,12H2. The van der Waals surface area contributed by atoms with Gasteiger partial charge in [-0.1, -0.05) is 5.21 Å². The van der Waals surface area contributed by atoms with Crippen LogP contribution in [0.1, 0.15) is 10.6 Å². The van der Waals surface area contributed by atoms with Gasteiger partial charge in [-0.2, -0.15) is 0 Å². The Morgan fingerprint density at radius 2 is 2.41 bits per heavy atom. The smallest absolute Gasteiger partial charge is 0.0962 e. The van der Waals surface area contributed by atoms with E-state index in [0.29, 0.717) is 6.54 Å². The molecule has 0 unspecified atom stereocenters. The number of nitrogens with one attached hydrogen (secondary N) is 1. The molecule has 0 bridgehead atoms. The van der Waals surface area contributed by atoms with E-state index in [1.54, 1.807) is 16.0 Å². The summed E-state index contributed by atoms with van der Waals surface area (Å²) in [6.45, 7) is 2.99. The minimum Gasteiger partial charge on any atom is -0.325 e. The number of aromatic nitrogens is 3. The van der Waals surface area contributed by atoms with Gasteiger partial charge in [0.15, 0.2) is 0 Å². The average Bonchev–Trinajstić information content (AvgIpc) is 2.93. The molecule has 0 spiro atoms. The SMILES string of the molecule is NCc1cn(CCNCc2cc(Br)cs2)nn1. The van der Waals surface area contributed by atoms with Crippen LogP contribution in [0.25, 0.3) is 0 Å². The summed E-state index contributed by atoms with van der Waals surface area (Å²) in [7, 11) is 0. The Morgan fingerprint density at radius 1 is 1.53 bits per heavy atom. The highest BCUT2D eigenvalue weighted by Crippen LogP contribution is 2.19. The number of nitrogens with zero attached hydrogens (tertiary/aromatic N) is 3. The number of halogens is 1. The van der Waals surface area contributed by atoms with Crippen molar-refractivity contribution >= 4 is 27.3 Å². The Kier molecular flexibility index (Phi) is 4.66. The molecule has 0 atom stereocenters. The largest absolute Gasteiger partial charge is 0.325 e. The summed E-state index contributed by atoms with van der Waals surface area (Å²) in [5.41, 5.74) is 6.29. The molecule has 0 aromatic carbocycles. The minimum absolute atomic E-state index is 0.441. The van der Waals surface area contributed by atoms with Crippen LogP contribution in [0.5, 0.6) is 0 Å². The summed E-state index contributed by atoms with van der Waals surface area (Å²) in [6, 6.07) is 2.12. The van der Waals surface area contributed by atoms with Gasteiger partial charge in [-0.15, -0.1) is 16.4 Å². The first-order chi connectivity index (χ1) is 8.28. The normalized spacial score (nSPS) is 10.9. The van der Waals surface area contributed by atoms with E-state index in [-0.39, 0.29) is 0 Å². The minimum atomic E-state index is 0.441. The van der Waals surface area contributed by atoms with Crippen molar-refractivity contribution < 1.29 is 0 Å². The van der Waals surface area contributed by atoms with Crippen molar-refractivity contribution in [3.8, 4) is 0 Å². The predicted octanol–water partition coefficient (Wildman–Crippen LogP) is 1.35. The molecule has 2 aromatic rings. The number of hydrogen-bond donors (Lipinski definition) is 2. The fourth-order valence-corrected chi connectivity index (χ4v) is 2.81. The van der Waals surface area contributed by atoms with Gasteiger partial charge in [-0.25, -0.2) is 0 Å². The maximum absolute atomic E-state index is 5.46. The maximum atomic E-state index is 5.46. The molecule has 2 aromatic heterocycles. The summed E-state index contributed by atoms with van der Waals surface area (Å²) < 4.78 is 2.95. The van der Waals surface area contributed by atoms with Crippen molar-refractivity contribution in [2.24, 2.45) is 5.73 Å². The van der Waals surface area contributed by atoms with Crippen LogP contribution in [0, 0.1) is 0 Å². The van der Waals surface area contributed by atoms with Crippen LogP contribution in [0.2, 0.25) is 0 Å². The lowest BCUT2D eigenvalue weighted by molar-refractivity contribution is 0.541. The zero-order chi connectivity index (χ0) is 12.1.